The van der Waals surface area contributed by atoms with E-state index in [1.807, 2.05) is 91.9 Å². The Bertz CT molecular complexity index is 3120. The maximum absolute atomic E-state index is 13.9. The van der Waals surface area contributed by atoms with E-state index in [0.717, 1.165) is 71.0 Å². The third-order valence-corrected chi connectivity index (χ3v) is 15.8. The molecule has 3 aliphatic heterocycles. The average molecular weight is 976 g/mol. The van der Waals surface area contributed by atoms with Gasteiger partial charge in [-0.3, -0.25) is 34.1 Å². The summed E-state index contributed by atoms with van der Waals surface area (Å²) in [4.78, 5) is 78.1. The molecule has 71 heavy (non-hydrogen) atoms. The fraction of sp³-hybridized carbons (Fsp3) is 0.370. The molecule has 0 bridgehead atoms. The third kappa shape index (κ3) is 9.67. The number of imide groups is 1. The molecule has 4 amide bonds. The molecule has 4 N–H and O–H groups in total. The molecule has 0 saturated carbocycles. The Balaban J connectivity index is 0.719. The number of aryl methyl sites for hydroxylation is 1. The number of hydrogen-bond donors (Lipinski definition) is 4. The summed E-state index contributed by atoms with van der Waals surface area (Å²) in [6, 6.07) is 22.8. The molecular formula is C54H57N9O7S. The van der Waals surface area contributed by atoms with Gasteiger partial charge >= 0.3 is 5.97 Å². The summed E-state index contributed by atoms with van der Waals surface area (Å²) < 4.78 is 9.03. The number of carbonyl (C=O) groups excluding carboxylic acids is 4. The van der Waals surface area contributed by atoms with Gasteiger partial charge in [-0.1, -0.05) is 78.5 Å². The standard InChI is InChI=1S/C54H57N9O7S/c1-32-35(36-19-21-44(57-48(36)52(68)69)63-28-25-34-11-6-14-39(54(34,2)31-63)51(67)59-53-56-40-15-4-5-18-43(40)71-53)12-8-17-42(32)70-29-9-10-33-23-26-62(27-24-33)30-46(65)55-41-16-7-13-37-47(60-61(3)49(37)41)38-20-22-45(64)58-50(38)66/h4-8,11-19,21,33,38-39H,9-10,20,22-31H2,1-3H3,(H,55,65)(H,68,69)(H,56,59,67)(H,58,64,66). The van der Waals surface area contributed by atoms with Crippen molar-refractivity contribution in [1.82, 2.24) is 30.0 Å². The molecule has 10 rings (SSSR count). The summed E-state index contributed by atoms with van der Waals surface area (Å²) >= 11 is 1.45. The highest BCUT2D eigenvalue weighted by Crippen LogP contribution is 2.46. The normalized spacial score (nSPS) is 20.7. The van der Waals surface area contributed by atoms with Crippen LogP contribution in [-0.4, -0.2) is 98.7 Å². The topological polar surface area (TPSA) is 201 Å². The number of carbonyl (C=O) groups is 5. The number of carboxylic acid groups (broad SMARTS) is 1. The van der Waals surface area contributed by atoms with E-state index < -0.39 is 23.2 Å². The first-order valence-electron chi connectivity index (χ1n) is 24.4. The second kappa shape index (κ2) is 19.9. The number of aromatic nitrogens is 4. The van der Waals surface area contributed by atoms with Crippen molar-refractivity contribution in [3.8, 4) is 16.9 Å². The van der Waals surface area contributed by atoms with Crippen LogP contribution in [0.1, 0.15) is 79.5 Å². The number of aromatic carboxylic acids is 1. The van der Waals surface area contributed by atoms with Gasteiger partial charge in [-0.25, -0.2) is 14.8 Å². The van der Waals surface area contributed by atoms with Crippen LogP contribution in [0.3, 0.4) is 0 Å². The van der Waals surface area contributed by atoms with Gasteiger partial charge in [0.15, 0.2) is 10.8 Å². The zero-order chi connectivity index (χ0) is 49.4. The van der Waals surface area contributed by atoms with Gasteiger partial charge in [0, 0.05) is 42.9 Å². The molecule has 0 spiro atoms. The second-order valence-corrected chi connectivity index (χ2v) is 20.4. The Labute approximate surface area is 415 Å². The summed E-state index contributed by atoms with van der Waals surface area (Å²) in [6.45, 7) is 7.56. The van der Waals surface area contributed by atoms with Crippen LogP contribution in [0.25, 0.3) is 32.2 Å². The second-order valence-electron chi connectivity index (χ2n) is 19.4. The highest BCUT2D eigenvalue weighted by molar-refractivity contribution is 7.22. The molecule has 6 aromatic rings. The molecule has 3 fully saturated rings. The largest absolute Gasteiger partial charge is 0.493 e. The summed E-state index contributed by atoms with van der Waals surface area (Å²) in [7, 11) is 1.79. The van der Waals surface area contributed by atoms with Crippen LogP contribution in [-0.2, 0) is 26.2 Å². The number of ether oxygens (including phenoxy) is 1. The number of anilines is 3. The van der Waals surface area contributed by atoms with E-state index in [1.54, 1.807) is 11.7 Å². The molecule has 366 valence electrons. The minimum absolute atomic E-state index is 0.0434. The van der Waals surface area contributed by atoms with Crippen LogP contribution in [0, 0.1) is 24.2 Å². The highest BCUT2D eigenvalue weighted by Gasteiger charge is 2.46. The van der Waals surface area contributed by atoms with E-state index in [4.69, 9.17) is 9.72 Å². The van der Waals surface area contributed by atoms with Crippen molar-refractivity contribution in [3.63, 3.8) is 0 Å². The summed E-state index contributed by atoms with van der Waals surface area (Å²) in [6.07, 6.45) is 11.2. The fourth-order valence-corrected chi connectivity index (χ4v) is 11.9. The molecule has 17 heteroatoms. The number of likely N-dealkylation sites (tertiary alicyclic amines) is 1. The van der Waals surface area contributed by atoms with Gasteiger partial charge in [0.2, 0.25) is 23.6 Å². The van der Waals surface area contributed by atoms with E-state index in [-0.39, 0.29) is 42.3 Å². The predicted octanol–water partition coefficient (Wildman–Crippen LogP) is 8.25. The number of hydrogen-bond acceptors (Lipinski definition) is 12. The first-order chi connectivity index (χ1) is 34.3. The lowest BCUT2D eigenvalue weighted by Crippen LogP contribution is -2.51. The molecule has 3 saturated heterocycles. The van der Waals surface area contributed by atoms with Gasteiger partial charge in [0.25, 0.3) is 0 Å². The Hall–Kier alpha value is -7.24. The van der Waals surface area contributed by atoms with Gasteiger partial charge < -0.3 is 25.4 Å². The SMILES string of the molecule is Cc1c(OCCCC2CCN(CC(=O)Nc3cccc4c(C5CCC(=O)NC5=O)nn(C)c34)CC2)cccc1-c1ccc(N2CCC3=CC=CC(C(=O)Nc4nc5ccccc5s4)C3(C)C2)nc1C(=O)O. The Morgan fingerprint density at radius 1 is 0.930 bits per heavy atom. The number of rotatable bonds is 14. The number of fused-ring (bicyclic) bond motifs is 3. The Morgan fingerprint density at radius 3 is 2.55 bits per heavy atom. The van der Waals surface area contributed by atoms with Gasteiger partial charge in [-0.05, 0) is 112 Å². The average Bonchev–Trinajstić information content (AvgIpc) is 3.93. The number of carboxylic acids is 1. The first-order valence-corrected chi connectivity index (χ1v) is 25.2. The first kappa shape index (κ1) is 47.4. The van der Waals surface area contributed by atoms with E-state index >= 15 is 0 Å². The molecule has 1 aliphatic carbocycles. The van der Waals surface area contributed by atoms with Crippen molar-refractivity contribution in [1.29, 1.82) is 0 Å². The Kier molecular flexibility index (Phi) is 13.3. The van der Waals surface area contributed by atoms with Crippen LogP contribution in [0.4, 0.5) is 16.6 Å². The number of piperidine rings is 3. The third-order valence-electron chi connectivity index (χ3n) is 14.8. The lowest BCUT2D eigenvalue weighted by atomic mass is 9.65. The molecule has 6 heterocycles. The van der Waals surface area contributed by atoms with E-state index in [1.165, 1.54) is 16.9 Å². The number of para-hydroxylation sites is 2. The number of nitrogens with zero attached hydrogens (tertiary/aromatic N) is 6. The zero-order valence-corrected chi connectivity index (χ0v) is 40.9. The fourth-order valence-electron chi connectivity index (χ4n) is 11.0. The number of amides is 4. The minimum Gasteiger partial charge on any atom is -0.493 e. The van der Waals surface area contributed by atoms with Gasteiger partial charge in [-0.15, -0.1) is 0 Å². The molecule has 16 nitrogen and oxygen atoms in total. The number of allylic oxidation sites excluding steroid dienone is 2. The molecular weight excluding hydrogens is 919 g/mol. The number of nitrogens with one attached hydrogen (secondary N) is 3. The molecule has 0 radical (unpaired) electrons. The lowest BCUT2D eigenvalue weighted by Gasteiger charge is -2.47. The van der Waals surface area contributed by atoms with Crippen LogP contribution in [0.2, 0.25) is 0 Å². The molecule has 3 atom stereocenters. The predicted molar refractivity (Wildman–Crippen MR) is 274 cm³/mol. The monoisotopic (exact) mass is 975 g/mol. The van der Waals surface area contributed by atoms with Crippen molar-refractivity contribution in [3.05, 3.63) is 114 Å². The molecule has 3 aromatic heterocycles. The molecule has 3 unspecified atom stereocenters. The molecule has 3 aromatic carbocycles. The van der Waals surface area contributed by atoms with Crippen LogP contribution in [0.15, 0.2) is 96.6 Å². The number of benzene rings is 3. The smallest absolute Gasteiger partial charge is 0.355 e. The quantitative estimate of drug-likeness (QED) is 0.0603. The van der Waals surface area contributed by atoms with Crippen molar-refractivity contribution >= 4 is 78.7 Å². The van der Waals surface area contributed by atoms with Crippen molar-refractivity contribution in [2.75, 3.05) is 54.9 Å². The van der Waals surface area contributed by atoms with Gasteiger partial charge in [-0.2, -0.15) is 5.10 Å². The summed E-state index contributed by atoms with van der Waals surface area (Å²) in [5.41, 5.74) is 5.47. The van der Waals surface area contributed by atoms with Gasteiger partial charge in [0.05, 0.1) is 52.1 Å². The van der Waals surface area contributed by atoms with E-state index in [2.05, 4.69) is 48.8 Å². The van der Waals surface area contributed by atoms with Crippen molar-refractivity contribution in [2.24, 2.45) is 24.3 Å². The summed E-state index contributed by atoms with van der Waals surface area (Å²) in [5, 5.41) is 25.1. The summed E-state index contributed by atoms with van der Waals surface area (Å²) in [5.74, 6) is -1.23. The van der Waals surface area contributed by atoms with Crippen molar-refractivity contribution in [2.45, 2.75) is 64.7 Å². The molecule has 4 aliphatic rings. The van der Waals surface area contributed by atoms with Crippen LogP contribution < -0.4 is 25.6 Å². The van der Waals surface area contributed by atoms with Crippen LogP contribution >= 0.6 is 11.3 Å². The Morgan fingerprint density at radius 2 is 1.75 bits per heavy atom. The maximum atomic E-state index is 13.9. The van der Waals surface area contributed by atoms with Gasteiger partial charge in [0.1, 0.15) is 11.6 Å². The lowest BCUT2D eigenvalue weighted by molar-refractivity contribution is -0.134. The zero-order valence-electron chi connectivity index (χ0n) is 40.1. The number of pyridine rings is 1. The maximum Gasteiger partial charge on any atom is 0.355 e. The van der Waals surface area contributed by atoms with E-state index in [9.17, 15) is 29.1 Å². The minimum atomic E-state index is -1.12. The van der Waals surface area contributed by atoms with E-state index in [0.29, 0.717) is 72.1 Å². The van der Waals surface area contributed by atoms with Crippen molar-refractivity contribution < 1.29 is 33.8 Å². The number of thiazole rings is 1. The highest BCUT2D eigenvalue weighted by atomic mass is 32.1. The van der Waals surface area contributed by atoms with Crippen LogP contribution in [0.5, 0.6) is 5.75 Å².